The number of fused-ring (bicyclic) bond motifs is 3. The first kappa shape index (κ1) is 28.6. The summed E-state index contributed by atoms with van der Waals surface area (Å²) in [6.07, 6.45) is 9.71. The van der Waals surface area contributed by atoms with Gasteiger partial charge in [0.15, 0.2) is 5.82 Å². The van der Waals surface area contributed by atoms with E-state index in [0.717, 1.165) is 81.0 Å². The molecule has 1 amide bonds. The van der Waals surface area contributed by atoms with E-state index in [4.69, 9.17) is 9.05 Å². The van der Waals surface area contributed by atoms with Gasteiger partial charge >= 0.3 is 5.92 Å². The standard InChI is InChI=1S/C33H40F2N4O4/c1-30(41)10-8-22(9-11-30)27(40)39(24-5-3-4-23(18-24)25-19-26(42-37-25)21-6-7-21)20-32-12-15-33(16-13-32,17-14-32)28-36-29(43-38-28)31(2,34)35/h3-5,18-19,21-22,41H,6-17,20H2,1-2H3. The van der Waals surface area contributed by atoms with Crippen LogP contribution in [-0.4, -0.2) is 38.5 Å². The fourth-order valence-corrected chi connectivity index (χ4v) is 7.61. The molecule has 5 fully saturated rings. The van der Waals surface area contributed by atoms with Crippen molar-refractivity contribution >= 4 is 11.6 Å². The van der Waals surface area contributed by atoms with Crippen molar-refractivity contribution in [3.8, 4) is 11.3 Å². The topological polar surface area (TPSA) is 105 Å². The Morgan fingerprint density at radius 2 is 1.70 bits per heavy atom. The molecule has 43 heavy (non-hydrogen) atoms. The number of carbonyl (C=O) groups is 1. The Morgan fingerprint density at radius 3 is 2.33 bits per heavy atom. The van der Waals surface area contributed by atoms with Gasteiger partial charge in [0.2, 0.25) is 5.91 Å². The van der Waals surface area contributed by atoms with Gasteiger partial charge in [0.1, 0.15) is 11.5 Å². The highest BCUT2D eigenvalue weighted by Crippen LogP contribution is 2.58. The summed E-state index contributed by atoms with van der Waals surface area (Å²) in [5.41, 5.74) is 1.38. The summed E-state index contributed by atoms with van der Waals surface area (Å²) in [6, 6.07) is 10.0. The van der Waals surface area contributed by atoms with Gasteiger partial charge in [-0.05, 0) is 102 Å². The van der Waals surface area contributed by atoms with Crippen LogP contribution >= 0.6 is 0 Å². The van der Waals surface area contributed by atoms with Crippen molar-refractivity contribution in [3.63, 3.8) is 0 Å². The lowest BCUT2D eigenvalue weighted by Crippen LogP contribution is -2.52. The van der Waals surface area contributed by atoms with E-state index in [1.54, 1.807) is 0 Å². The third kappa shape index (κ3) is 5.51. The summed E-state index contributed by atoms with van der Waals surface area (Å²) >= 11 is 0. The van der Waals surface area contributed by atoms with E-state index >= 15 is 0 Å². The number of nitrogens with zero attached hydrogens (tertiary/aromatic N) is 4. The number of aromatic nitrogens is 3. The zero-order valence-corrected chi connectivity index (χ0v) is 25.0. The maximum Gasteiger partial charge on any atom is 0.322 e. The third-order valence-electron chi connectivity index (χ3n) is 10.8. The van der Waals surface area contributed by atoms with E-state index in [2.05, 4.69) is 15.3 Å². The summed E-state index contributed by atoms with van der Waals surface area (Å²) in [7, 11) is 0. The Kier molecular flexibility index (Phi) is 6.80. The molecular weight excluding hydrogens is 554 g/mol. The van der Waals surface area contributed by atoms with Crippen LogP contribution in [0, 0.1) is 11.3 Å². The normalized spacial score (nSPS) is 30.9. The predicted octanol–water partition coefficient (Wildman–Crippen LogP) is 7.28. The SMILES string of the molecule is CC1(O)CCC(C(=O)N(CC23CCC(c4noc(C(C)(F)F)n4)(CC2)CC3)c2cccc(-c3cc(C4CC4)on3)c2)CC1. The second-order valence-corrected chi connectivity index (χ2v) is 14.2. The van der Waals surface area contributed by atoms with Gasteiger partial charge in [-0.15, -0.1) is 0 Å². The maximum absolute atomic E-state index is 14.3. The maximum atomic E-state index is 14.3. The number of amides is 1. The smallest absolute Gasteiger partial charge is 0.322 e. The number of alkyl halides is 2. The number of carbonyl (C=O) groups excluding carboxylic acids is 1. The average molecular weight is 595 g/mol. The summed E-state index contributed by atoms with van der Waals surface area (Å²) in [5, 5.41) is 18.9. The molecule has 8 rings (SSSR count). The van der Waals surface area contributed by atoms with Gasteiger partial charge in [-0.2, -0.15) is 13.8 Å². The second-order valence-electron chi connectivity index (χ2n) is 14.2. The van der Waals surface area contributed by atoms with Gasteiger partial charge in [-0.1, -0.05) is 22.4 Å². The number of rotatable bonds is 8. The lowest BCUT2D eigenvalue weighted by atomic mass is 9.53. The van der Waals surface area contributed by atoms with Gasteiger partial charge in [0.25, 0.3) is 5.89 Å². The van der Waals surface area contributed by atoms with E-state index in [1.165, 1.54) is 0 Å². The van der Waals surface area contributed by atoms with Crippen LogP contribution in [0.25, 0.3) is 11.3 Å². The molecule has 1 aromatic carbocycles. The highest BCUT2D eigenvalue weighted by Gasteiger charge is 2.53. The minimum absolute atomic E-state index is 0.0815. The van der Waals surface area contributed by atoms with E-state index in [0.29, 0.717) is 44.0 Å². The fourth-order valence-electron chi connectivity index (χ4n) is 7.61. The number of aliphatic hydroxyl groups is 1. The molecule has 0 radical (unpaired) electrons. The molecule has 0 unspecified atom stereocenters. The molecule has 2 heterocycles. The molecule has 2 bridgehead atoms. The molecular formula is C33H40F2N4O4. The Balaban J connectivity index is 1.14. The van der Waals surface area contributed by atoms with E-state index < -0.39 is 17.4 Å². The van der Waals surface area contributed by atoms with Gasteiger partial charge in [-0.3, -0.25) is 4.79 Å². The summed E-state index contributed by atoms with van der Waals surface area (Å²) in [4.78, 5) is 20.4. The van der Waals surface area contributed by atoms with E-state index in [-0.39, 0.29) is 22.7 Å². The summed E-state index contributed by atoms with van der Waals surface area (Å²) in [6.45, 7) is 3.22. The molecule has 0 aliphatic heterocycles. The first-order valence-corrected chi connectivity index (χ1v) is 15.8. The van der Waals surface area contributed by atoms with Gasteiger partial charge < -0.3 is 19.1 Å². The molecule has 5 aliphatic carbocycles. The zero-order chi connectivity index (χ0) is 30.0. The molecule has 1 N–H and O–H groups in total. The van der Waals surface area contributed by atoms with Crippen LogP contribution in [0.2, 0.25) is 0 Å². The Hall–Kier alpha value is -3.14. The van der Waals surface area contributed by atoms with Gasteiger partial charge in [-0.25, -0.2) is 0 Å². The molecule has 5 aliphatic rings. The van der Waals surface area contributed by atoms with E-state index in [9.17, 15) is 18.7 Å². The molecule has 0 atom stereocenters. The average Bonchev–Trinajstić information content (AvgIpc) is 3.48. The van der Waals surface area contributed by atoms with Crippen molar-refractivity contribution in [1.29, 1.82) is 0 Å². The summed E-state index contributed by atoms with van der Waals surface area (Å²) < 4.78 is 38.2. The van der Waals surface area contributed by atoms with Crippen LogP contribution in [-0.2, 0) is 16.1 Å². The molecule has 10 heteroatoms. The number of anilines is 1. The minimum atomic E-state index is -3.16. The first-order valence-electron chi connectivity index (χ1n) is 15.8. The van der Waals surface area contributed by atoms with Crippen molar-refractivity contribution in [2.24, 2.45) is 11.3 Å². The quantitative estimate of drug-likeness (QED) is 0.292. The summed E-state index contributed by atoms with van der Waals surface area (Å²) in [5.74, 6) is -2.05. The molecule has 2 aromatic heterocycles. The van der Waals surface area contributed by atoms with Crippen LogP contribution in [0.5, 0.6) is 0 Å². The van der Waals surface area contributed by atoms with Crippen LogP contribution < -0.4 is 4.90 Å². The number of hydrogen-bond acceptors (Lipinski definition) is 7. The molecule has 0 spiro atoms. The largest absolute Gasteiger partial charge is 0.390 e. The van der Waals surface area contributed by atoms with Crippen molar-refractivity contribution < 1.29 is 27.7 Å². The lowest BCUT2D eigenvalue weighted by Gasteiger charge is -2.53. The monoisotopic (exact) mass is 594 g/mol. The van der Waals surface area contributed by atoms with Crippen LogP contribution in [0.3, 0.4) is 0 Å². The second kappa shape index (κ2) is 10.2. The molecule has 3 aromatic rings. The lowest BCUT2D eigenvalue weighted by molar-refractivity contribution is -0.125. The van der Waals surface area contributed by atoms with Crippen molar-refractivity contribution in [2.45, 2.75) is 114 Å². The number of benzene rings is 1. The molecule has 8 nitrogen and oxygen atoms in total. The van der Waals surface area contributed by atoms with Crippen LogP contribution in [0.15, 0.2) is 39.4 Å². The van der Waals surface area contributed by atoms with Gasteiger partial charge in [0.05, 0.1) is 5.60 Å². The van der Waals surface area contributed by atoms with Crippen LogP contribution in [0.1, 0.15) is 114 Å². The predicted molar refractivity (Wildman–Crippen MR) is 155 cm³/mol. The number of hydrogen-bond donors (Lipinski definition) is 1. The minimum Gasteiger partial charge on any atom is -0.390 e. The molecule has 230 valence electrons. The van der Waals surface area contributed by atoms with Crippen molar-refractivity contribution in [3.05, 3.63) is 47.8 Å². The highest BCUT2D eigenvalue weighted by atomic mass is 19.3. The van der Waals surface area contributed by atoms with Gasteiger partial charge in [0, 0.05) is 48.0 Å². The van der Waals surface area contributed by atoms with E-state index in [1.807, 2.05) is 42.2 Å². The number of halogens is 2. The zero-order valence-electron chi connectivity index (χ0n) is 25.0. The molecule has 0 saturated heterocycles. The Bertz CT molecular complexity index is 1470. The third-order valence-corrected chi connectivity index (χ3v) is 10.8. The van der Waals surface area contributed by atoms with Crippen molar-refractivity contribution in [2.75, 3.05) is 11.4 Å². The van der Waals surface area contributed by atoms with Crippen LogP contribution in [0.4, 0.5) is 14.5 Å². The highest BCUT2D eigenvalue weighted by molar-refractivity contribution is 5.95. The Morgan fingerprint density at radius 1 is 1.00 bits per heavy atom. The van der Waals surface area contributed by atoms with Crippen molar-refractivity contribution in [1.82, 2.24) is 15.3 Å². The molecule has 5 saturated carbocycles. The first-order chi connectivity index (χ1) is 20.4. The Labute approximate surface area is 250 Å². The fraction of sp³-hybridized carbons (Fsp3) is 0.636.